The van der Waals surface area contributed by atoms with E-state index < -0.39 is 30.3 Å². The molecule has 2 N–H and O–H groups in total. The molecule has 1 unspecified atom stereocenters. The summed E-state index contributed by atoms with van der Waals surface area (Å²) in [5, 5.41) is 16.8. The highest BCUT2D eigenvalue weighted by Gasteiger charge is 2.31. The summed E-state index contributed by atoms with van der Waals surface area (Å²) in [6.07, 6.45) is -0.762. The molecule has 0 aliphatic carbocycles. The molecular weight excluding hydrogens is 451 g/mol. The van der Waals surface area contributed by atoms with E-state index in [0.717, 1.165) is 6.42 Å². The predicted octanol–water partition coefficient (Wildman–Crippen LogP) is 1.59. The normalized spacial score (nSPS) is 30.0. The van der Waals surface area contributed by atoms with Crippen molar-refractivity contribution in [1.29, 1.82) is 0 Å². The third-order valence-corrected chi connectivity index (χ3v) is 4.26. The van der Waals surface area contributed by atoms with Crippen LogP contribution in [0.3, 0.4) is 0 Å². The zero-order valence-electron chi connectivity index (χ0n) is 19.6. The number of halogens is 1. The maximum atomic E-state index is 10.8. The number of alkyl halides is 1. The zero-order valence-corrected chi connectivity index (χ0v) is 19.6. The Bertz CT molecular complexity index is 550. The SMILES string of the molecule is CCC1OC[C@H](C(=O)OC)O1.CC[C@@H]1OC[C@H](C(=O)O)O1.CC[C@H]1OC[C@H](C(=O)O)O1.CF.[3HH]. The van der Waals surface area contributed by atoms with Gasteiger partial charge in [-0.25, -0.2) is 14.4 Å². The molecule has 3 aliphatic rings. The van der Waals surface area contributed by atoms with Gasteiger partial charge < -0.3 is 43.4 Å². The van der Waals surface area contributed by atoms with Crippen LogP contribution < -0.4 is 0 Å². The van der Waals surface area contributed by atoms with Crippen LogP contribution in [-0.2, 0) is 47.5 Å². The van der Waals surface area contributed by atoms with Crippen molar-refractivity contribution in [3.8, 4) is 0 Å². The summed E-state index contributed by atoms with van der Waals surface area (Å²) in [6, 6.07) is 0. The van der Waals surface area contributed by atoms with Crippen molar-refractivity contribution >= 4 is 17.9 Å². The number of ether oxygens (including phenoxy) is 7. The Morgan fingerprint density at radius 3 is 1.27 bits per heavy atom. The first-order valence-corrected chi connectivity index (χ1v) is 10.5. The molecular formula is C20H37FO12. The number of carboxylic acid groups (broad SMARTS) is 2. The average molecular weight is 491 g/mol. The maximum absolute atomic E-state index is 10.8. The van der Waals surface area contributed by atoms with E-state index in [9.17, 15) is 18.8 Å². The van der Waals surface area contributed by atoms with Crippen LogP contribution in [0.4, 0.5) is 4.39 Å². The topological polar surface area (TPSA) is 156 Å². The van der Waals surface area contributed by atoms with E-state index in [2.05, 4.69) is 4.74 Å². The fraction of sp³-hybridized carbons (Fsp3) is 0.850. The molecule has 12 nitrogen and oxygen atoms in total. The molecule has 3 aliphatic heterocycles. The Morgan fingerprint density at radius 1 is 0.758 bits per heavy atom. The fourth-order valence-electron chi connectivity index (χ4n) is 2.53. The van der Waals surface area contributed by atoms with Crippen LogP contribution in [0.2, 0.25) is 0 Å². The molecule has 0 aromatic rings. The highest BCUT2D eigenvalue weighted by Crippen LogP contribution is 2.15. The first kappa shape index (κ1) is 31.1. The molecule has 13 heteroatoms. The van der Waals surface area contributed by atoms with E-state index in [1.807, 2.05) is 20.8 Å². The molecule has 0 saturated carbocycles. The summed E-state index contributed by atoms with van der Waals surface area (Å²) >= 11 is 0. The zero-order chi connectivity index (χ0) is 25.4. The second kappa shape index (κ2) is 17.6. The quantitative estimate of drug-likeness (QED) is 0.519. The van der Waals surface area contributed by atoms with Gasteiger partial charge in [0, 0.05) is 1.43 Å². The Morgan fingerprint density at radius 2 is 1.06 bits per heavy atom. The van der Waals surface area contributed by atoms with E-state index in [1.165, 1.54) is 7.11 Å². The summed E-state index contributed by atoms with van der Waals surface area (Å²) in [4.78, 5) is 31.4. The van der Waals surface area contributed by atoms with Crippen molar-refractivity contribution < 1.29 is 63.6 Å². The summed E-state index contributed by atoms with van der Waals surface area (Å²) in [5.74, 6) is -2.26. The van der Waals surface area contributed by atoms with Crippen LogP contribution in [0.25, 0.3) is 0 Å². The third kappa shape index (κ3) is 11.7. The maximum Gasteiger partial charge on any atom is 0.337 e. The van der Waals surface area contributed by atoms with Gasteiger partial charge in [0.1, 0.15) is 0 Å². The number of methoxy groups -OCH3 is 1. The van der Waals surface area contributed by atoms with E-state index in [1.54, 1.807) is 0 Å². The van der Waals surface area contributed by atoms with Crippen LogP contribution in [-0.4, -0.2) is 99.4 Å². The number of hydrogen-bond donors (Lipinski definition) is 2. The third-order valence-electron chi connectivity index (χ3n) is 4.26. The molecule has 3 saturated heterocycles. The molecule has 0 aromatic carbocycles. The minimum absolute atomic E-state index is 0. The molecule has 3 heterocycles. The number of esters is 1. The largest absolute Gasteiger partial charge is 0.479 e. The van der Waals surface area contributed by atoms with Crippen LogP contribution in [0, 0.1) is 0 Å². The van der Waals surface area contributed by atoms with Gasteiger partial charge in [-0.05, 0) is 19.3 Å². The standard InChI is InChI=1S/C7H12O4.2C6H10O4.CH3F.H2/c1-3-6-10-4-5(11-6)7(8)9-2;2*1-2-5-9-3-4(10-5)6(7)8;1-2;/h5-6H,3-4H2,1-2H3;2*4-5H,2-3H2,1H3,(H,7,8);1H3;1H/t5-,6?;4-,5+;4-,5-;;/m111../s1/i;;;;1+2. The molecule has 0 aromatic heterocycles. The van der Waals surface area contributed by atoms with Crippen LogP contribution >= 0.6 is 0 Å². The van der Waals surface area contributed by atoms with Crippen LogP contribution in [0.15, 0.2) is 0 Å². The Hall–Kier alpha value is -1.90. The minimum Gasteiger partial charge on any atom is -0.479 e. The monoisotopic (exact) mass is 490 g/mol. The van der Waals surface area contributed by atoms with Crippen molar-refractivity contribution in [1.82, 2.24) is 0 Å². The summed E-state index contributed by atoms with van der Waals surface area (Å²) in [7, 11) is 1.84. The lowest BCUT2D eigenvalue weighted by atomic mass is 10.4. The Labute approximate surface area is 193 Å². The second-order valence-electron chi connectivity index (χ2n) is 6.59. The lowest BCUT2D eigenvalue weighted by molar-refractivity contribution is -0.154. The minimum atomic E-state index is -0.948. The highest BCUT2D eigenvalue weighted by atomic mass is 19.1. The summed E-state index contributed by atoms with van der Waals surface area (Å²) in [5.41, 5.74) is 0. The molecule has 33 heavy (non-hydrogen) atoms. The van der Waals surface area contributed by atoms with Gasteiger partial charge in [0.25, 0.3) is 0 Å². The van der Waals surface area contributed by atoms with Crippen molar-refractivity contribution in [2.45, 2.75) is 77.2 Å². The van der Waals surface area contributed by atoms with Crippen LogP contribution in [0.5, 0.6) is 0 Å². The van der Waals surface area contributed by atoms with Crippen molar-refractivity contribution in [3.63, 3.8) is 0 Å². The molecule has 0 bridgehead atoms. The van der Waals surface area contributed by atoms with Gasteiger partial charge in [-0.15, -0.1) is 0 Å². The first-order chi connectivity index (χ1) is 15.7. The number of carbonyl (C=O) groups is 3. The Kier molecular flexibility index (Phi) is 16.5. The van der Waals surface area contributed by atoms with Crippen LogP contribution in [0.1, 0.15) is 41.5 Å². The summed E-state index contributed by atoms with van der Waals surface area (Å²) < 4.78 is 44.1. The Balaban J connectivity index is 0. The molecule has 3 rings (SSSR count). The van der Waals surface area contributed by atoms with Gasteiger partial charge in [0.2, 0.25) is 0 Å². The smallest absolute Gasteiger partial charge is 0.337 e. The average Bonchev–Trinajstić information content (AvgIpc) is 3.60. The lowest BCUT2D eigenvalue weighted by Crippen LogP contribution is -2.24. The fourth-order valence-corrected chi connectivity index (χ4v) is 2.53. The van der Waals surface area contributed by atoms with Gasteiger partial charge in [-0.2, -0.15) is 0 Å². The molecule has 6 atom stereocenters. The van der Waals surface area contributed by atoms with E-state index in [4.69, 9.17) is 38.6 Å². The van der Waals surface area contributed by atoms with Gasteiger partial charge in [0.15, 0.2) is 37.2 Å². The van der Waals surface area contributed by atoms with Gasteiger partial charge in [-0.1, -0.05) is 20.8 Å². The molecule has 196 valence electrons. The predicted molar refractivity (Wildman–Crippen MR) is 111 cm³/mol. The second-order valence-corrected chi connectivity index (χ2v) is 6.59. The first-order valence-electron chi connectivity index (χ1n) is 10.5. The molecule has 0 spiro atoms. The number of carbonyl (C=O) groups excluding carboxylic acids is 1. The van der Waals surface area contributed by atoms with E-state index >= 15 is 0 Å². The van der Waals surface area contributed by atoms with Crippen molar-refractivity contribution in [3.05, 3.63) is 0 Å². The van der Waals surface area contributed by atoms with Gasteiger partial charge in [0.05, 0.1) is 34.1 Å². The molecule has 0 amide bonds. The number of aliphatic carboxylic acids is 2. The van der Waals surface area contributed by atoms with Gasteiger partial charge >= 0.3 is 17.9 Å². The number of rotatable bonds is 6. The van der Waals surface area contributed by atoms with Crippen molar-refractivity contribution in [2.75, 3.05) is 34.1 Å². The molecule has 0 radical (unpaired) electrons. The number of carboxylic acids is 2. The lowest BCUT2D eigenvalue weighted by Gasteiger charge is -2.06. The molecule has 3 fully saturated rings. The van der Waals surface area contributed by atoms with E-state index in [-0.39, 0.29) is 39.5 Å². The van der Waals surface area contributed by atoms with E-state index in [0.29, 0.717) is 26.6 Å². The van der Waals surface area contributed by atoms with Gasteiger partial charge in [-0.3, -0.25) is 4.39 Å². The van der Waals surface area contributed by atoms with Crippen molar-refractivity contribution in [2.24, 2.45) is 0 Å². The summed E-state index contributed by atoms with van der Waals surface area (Å²) in [6.45, 7) is 6.36. The highest BCUT2D eigenvalue weighted by molar-refractivity contribution is 5.75. The number of hydrogen-bond acceptors (Lipinski definition) is 10.